The molecule has 0 spiro atoms. The van der Waals surface area contributed by atoms with Crippen LogP contribution in [0, 0.1) is 0 Å². The summed E-state index contributed by atoms with van der Waals surface area (Å²) in [7, 11) is -2.29. The van der Waals surface area contributed by atoms with Crippen LogP contribution in [0.25, 0.3) is 10.9 Å². The third kappa shape index (κ3) is 5.24. The van der Waals surface area contributed by atoms with Gasteiger partial charge in [0, 0.05) is 16.1 Å². The molecule has 1 aromatic heterocycles. The summed E-state index contributed by atoms with van der Waals surface area (Å²) in [6.07, 6.45) is -2.44. The molecular formula is C29H48N2O8Si2. The minimum absolute atomic E-state index is 0.113. The fourth-order valence-corrected chi connectivity index (χ4v) is 12.3. The van der Waals surface area contributed by atoms with Crippen LogP contribution in [0.2, 0.25) is 28.2 Å². The smallest absolute Gasteiger partial charge is 0.349 e. The maximum absolute atomic E-state index is 13.6. The molecule has 2 fully saturated rings. The van der Waals surface area contributed by atoms with Crippen molar-refractivity contribution in [1.82, 2.24) is 9.55 Å². The Balaban J connectivity index is 1.95. The molecule has 0 radical (unpaired) electrons. The average Bonchev–Trinajstić information content (AvgIpc) is 3.17. The molecular weight excluding hydrogens is 560 g/mol. The van der Waals surface area contributed by atoms with E-state index in [0.717, 1.165) is 0 Å². The zero-order valence-corrected chi connectivity index (χ0v) is 28.9. The lowest BCUT2D eigenvalue weighted by Crippen LogP contribution is -2.66. The van der Waals surface area contributed by atoms with Gasteiger partial charge in [0.05, 0.1) is 31.7 Å². The van der Waals surface area contributed by atoms with Gasteiger partial charge in [-0.3, -0.25) is 14.3 Å². The number of ether oxygens (including phenoxy) is 3. The predicted octanol–water partition coefficient (Wildman–Crippen LogP) is 5.45. The quantitative estimate of drug-likeness (QED) is 0.446. The largest absolute Gasteiger partial charge is 0.493 e. The van der Waals surface area contributed by atoms with Crippen molar-refractivity contribution in [3.63, 3.8) is 0 Å². The standard InChI is InChI=1S/C29H48N2O8Si2/c1-27(2,3)40(12,13)38-23-22-21(16-36-41(39-22,28(4,5)6)29(7,8)9)37-25(23)31-18-15-20(35-11)19(34-10)14-17(18)24(32)30-26(31)33/h14-15,21-23,25H,16H2,1-13H3,(H,30,32,33)/t21-,22-,23+,25-/m1/s1. The first-order chi connectivity index (χ1) is 18.7. The second-order valence-electron chi connectivity index (χ2n) is 14.8. The maximum Gasteiger partial charge on any atom is 0.349 e. The number of hydrogen-bond acceptors (Lipinski definition) is 8. The molecule has 2 saturated heterocycles. The number of hydrogen-bond donors (Lipinski definition) is 1. The summed E-state index contributed by atoms with van der Waals surface area (Å²) in [5, 5.41) is -0.336. The Kier molecular flexibility index (Phi) is 8.06. The molecule has 0 unspecified atom stereocenters. The Morgan fingerprint density at radius 1 is 0.951 bits per heavy atom. The molecule has 10 nitrogen and oxygen atoms in total. The van der Waals surface area contributed by atoms with Crippen LogP contribution in [-0.4, -0.2) is 65.6 Å². The van der Waals surface area contributed by atoms with Crippen LogP contribution in [0.1, 0.15) is 68.5 Å². The Labute approximate surface area is 245 Å². The van der Waals surface area contributed by atoms with Crippen molar-refractivity contribution in [1.29, 1.82) is 0 Å². The Hall–Kier alpha value is -1.97. The van der Waals surface area contributed by atoms with E-state index in [1.54, 1.807) is 12.1 Å². The summed E-state index contributed by atoms with van der Waals surface area (Å²) in [5.41, 5.74) is -0.760. The Morgan fingerprint density at radius 3 is 2.02 bits per heavy atom. The minimum Gasteiger partial charge on any atom is -0.493 e. The van der Waals surface area contributed by atoms with Crippen LogP contribution < -0.4 is 20.7 Å². The summed E-state index contributed by atoms with van der Waals surface area (Å²) in [6, 6.07) is 3.21. The van der Waals surface area contributed by atoms with Crippen LogP contribution in [-0.2, 0) is 18.0 Å². The van der Waals surface area contributed by atoms with E-state index in [4.69, 9.17) is 27.5 Å². The number of methoxy groups -OCH3 is 2. The fourth-order valence-electron chi connectivity index (χ4n) is 6.01. The first-order valence-electron chi connectivity index (χ1n) is 14.2. The molecule has 0 amide bonds. The van der Waals surface area contributed by atoms with Crippen molar-refractivity contribution in [2.24, 2.45) is 0 Å². The van der Waals surface area contributed by atoms with Gasteiger partial charge in [-0.05, 0) is 24.2 Å². The highest BCUT2D eigenvalue weighted by molar-refractivity contribution is 6.74. The molecule has 0 saturated carbocycles. The molecule has 0 aliphatic carbocycles. The van der Waals surface area contributed by atoms with Gasteiger partial charge in [0.1, 0.15) is 18.3 Å². The van der Waals surface area contributed by atoms with Gasteiger partial charge >= 0.3 is 14.3 Å². The lowest BCUT2D eigenvalue weighted by atomic mass is 10.1. The maximum atomic E-state index is 13.6. The highest BCUT2D eigenvalue weighted by atomic mass is 28.4. The van der Waals surface area contributed by atoms with Crippen LogP contribution in [0.15, 0.2) is 21.7 Å². The third-order valence-electron chi connectivity index (χ3n) is 8.95. The summed E-state index contributed by atoms with van der Waals surface area (Å²) < 4.78 is 40.0. The lowest BCUT2D eigenvalue weighted by molar-refractivity contribution is -0.0801. The first-order valence-corrected chi connectivity index (χ1v) is 19.0. The molecule has 2 aliphatic rings. The van der Waals surface area contributed by atoms with Crippen molar-refractivity contribution >= 4 is 27.8 Å². The molecule has 2 aromatic rings. The lowest BCUT2D eigenvalue weighted by Gasteiger charge is -2.54. The number of fused-ring (bicyclic) bond motifs is 2. The first kappa shape index (κ1) is 32.0. The van der Waals surface area contributed by atoms with Crippen molar-refractivity contribution in [2.45, 2.75) is 115 Å². The zero-order valence-electron chi connectivity index (χ0n) is 26.9. The minimum atomic E-state index is -2.89. The number of H-pyrrole nitrogens is 1. The second kappa shape index (κ2) is 10.3. The zero-order chi connectivity index (χ0) is 30.9. The molecule has 1 aromatic carbocycles. The van der Waals surface area contributed by atoms with E-state index in [1.807, 2.05) is 0 Å². The van der Waals surface area contributed by atoms with Crippen LogP contribution in [0.4, 0.5) is 0 Å². The molecule has 1 N–H and O–H groups in total. The van der Waals surface area contributed by atoms with Gasteiger partial charge in [-0.2, -0.15) is 0 Å². The number of aromatic nitrogens is 2. The summed E-state index contributed by atoms with van der Waals surface area (Å²) >= 11 is 0. The van der Waals surface area contributed by atoms with Gasteiger partial charge in [-0.25, -0.2) is 4.79 Å². The monoisotopic (exact) mass is 608 g/mol. The number of nitrogens with one attached hydrogen (secondary N) is 1. The van der Waals surface area contributed by atoms with Gasteiger partial charge in [-0.1, -0.05) is 62.3 Å². The highest BCUT2D eigenvalue weighted by Crippen LogP contribution is 2.56. The van der Waals surface area contributed by atoms with E-state index in [-0.39, 0.29) is 20.5 Å². The summed E-state index contributed by atoms with van der Waals surface area (Å²) in [5.74, 6) is 0.774. The number of aromatic amines is 1. The third-order valence-corrected chi connectivity index (χ3v) is 18.6. The van der Waals surface area contributed by atoms with Gasteiger partial charge in [0.25, 0.3) is 5.56 Å². The molecule has 41 heavy (non-hydrogen) atoms. The van der Waals surface area contributed by atoms with Gasteiger partial charge in [-0.15, -0.1) is 0 Å². The molecule has 230 valence electrons. The molecule has 0 bridgehead atoms. The van der Waals surface area contributed by atoms with E-state index in [2.05, 4.69) is 80.4 Å². The van der Waals surface area contributed by atoms with Gasteiger partial charge in [0.2, 0.25) is 0 Å². The topological polar surface area (TPSA) is 110 Å². The molecule has 2 aliphatic heterocycles. The fraction of sp³-hybridized carbons (Fsp3) is 0.724. The van der Waals surface area contributed by atoms with Crippen LogP contribution in [0.5, 0.6) is 11.5 Å². The molecule has 4 rings (SSSR count). The van der Waals surface area contributed by atoms with E-state index in [1.165, 1.54) is 18.8 Å². The molecule has 3 heterocycles. The number of rotatable bonds is 5. The normalized spacial score (nSPS) is 25.3. The summed E-state index contributed by atoms with van der Waals surface area (Å²) in [6.45, 7) is 24.2. The van der Waals surface area contributed by atoms with Crippen LogP contribution >= 0.6 is 0 Å². The number of benzene rings is 1. The predicted molar refractivity (Wildman–Crippen MR) is 164 cm³/mol. The Morgan fingerprint density at radius 2 is 1.51 bits per heavy atom. The summed E-state index contributed by atoms with van der Waals surface area (Å²) in [4.78, 5) is 29.0. The SMILES string of the molecule is COc1cc2c(=O)[nH]c(=O)n([C@@H]3O[C@@H]4CO[Si](C(C)(C)C)(C(C)(C)C)O[C@H]4[C@@H]3O[Si](C)(C)C(C)(C)C)c2cc1OC. The van der Waals surface area contributed by atoms with Crippen molar-refractivity contribution in [3.8, 4) is 11.5 Å². The molecule has 12 heteroatoms. The van der Waals surface area contributed by atoms with Gasteiger partial charge < -0.3 is 27.5 Å². The molecule has 4 atom stereocenters. The van der Waals surface area contributed by atoms with Crippen molar-refractivity contribution < 1.29 is 27.5 Å². The van der Waals surface area contributed by atoms with Crippen molar-refractivity contribution in [3.05, 3.63) is 33.0 Å². The van der Waals surface area contributed by atoms with E-state index < -0.39 is 52.7 Å². The van der Waals surface area contributed by atoms with E-state index >= 15 is 0 Å². The number of nitrogens with zero attached hydrogens (tertiary/aromatic N) is 1. The van der Waals surface area contributed by atoms with Crippen LogP contribution in [0.3, 0.4) is 0 Å². The Bertz CT molecular complexity index is 1400. The van der Waals surface area contributed by atoms with E-state index in [9.17, 15) is 9.59 Å². The highest BCUT2D eigenvalue weighted by Gasteiger charge is 2.66. The second-order valence-corrected chi connectivity index (χ2v) is 24.3. The van der Waals surface area contributed by atoms with E-state index in [0.29, 0.717) is 23.6 Å². The average molecular weight is 609 g/mol. The van der Waals surface area contributed by atoms with Gasteiger partial charge in [0.15, 0.2) is 26.0 Å². The van der Waals surface area contributed by atoms with Crippen molar-refractivity contribution in [2.75, 3.05) is 20.8 Å².